The molecule has 2 aliphatic rings. The fourth-order valence-corrected chi connectivity index (χ4v) is 4.94. The van der Waals surface area contributed by atoms with Crippen molar-refractivity contribution in [3.8, 4) is 0 Å². The summed E-state index contributed by atoms with van der Waals surface area (Å²) in [5.74, 6) is 0.327. The van der Waals surface area contributed by atoms with E-state index in [-0.39, 0.29) is 5.41 Å². The van der Waals surface area contributed by atoms with Gasteiger partial charge in [0.05, 0.1) is 5.69 Å². The Balaban J connectivity index is 1.36. The van der Waals surface area contributed by atoms with E-state index in [1.165, 1.54) is 16.8 Å². The molecule has 0 N–H and O–H groups in total. The molecule has 1 aromatic carbocycles. The van der Waals surface area contributed by atoms with Gasteiger partial charge in [-0.05, 0) is 57.7 Å². The number of piperidine rings is 1. The lowest BCUT2D eigenvalue weighted by molar-refractivity contribution is -0.128. The van der Waals surface area contributed by atoms with E-state index in [9.17, 15) is 4.79 Å². The minimum atomic E-state index is 0.181. The summed E-state index contributed by atoms with van der Waals surface area (Å²) in [5, 5.41) is 4.66. The fourth-order valence-electron chi connectivity index (χ4n) is 4.94. The van der Waals surface area contributed by atoms with Crippen molar-refractivity contribution in [1.29, 1.82) is 0 Å². The molecule has 3 heterocycles. The second-order valence-electron chi connectivity index (χ2n) is 8.65. The summed E-state index contributed by atoms with van der Waals surface area (Å²) in [5.41, 5.74) is 5.24. The van der Waals surface area contributed by atoms with E-state index < -0.39 is 0 Å². The Kier molecular flexibility index (Phi) is 5.28. The molecule has 2 fully saturated rings. The number of carbonyl (C=O) groups is 1. The zero-order valence-electron chi connectivity index (χ0n) is 17.4. The van der Waals surface area contributed by atoms with E-state index in [0.717, 1.165) is 64.2 Å². The summed E-state index contributed by atoms with van der Waals surface area (Å²) in [6.45, 7) is 12.2. The second kappa shape index (κ2) is 7.70. The molecule has 28 heavy (non-hydrogen) atoms. The third kappa shape index (κ3) is 3.72. The van der Waals surface area contributed by atoms with Crippen molar-refractivity contribution < 1.29 is 4.79 Å². The van der Waals surface area contributed by atoms with Crippen molar-refractivity contribution in [2.45, 2.75) is 59.7 Å². The maximum Gasteiger partial charge on any atom is 0.223 e. The Morgan fingerprint density at radius 3 is 2.43 bits per heavy atom. The van der Waals surface area contributed by atoms with Crippen molar-refractivity contribution in [1.82, 2.24) is 19.6 Å². The molecule has 0 unspecified atom stereocenters. The van der Waals surface area contributed by atoms with E-state index in [1.54, 1.807) is 0 Å². The summed E-state index contributed by atoms with van der Waals surface area (Å²) in [6, 6.07) is 10.4. The highest BCUT2D eigenvalue weighted by Crippen LogP contribution is 2.41. The van der Waals surface area contributed by atoms with Gasteiger partial charge in [-0.1, -0.05) is 30.3 Å². The zero-order chi connectivity index (χ0) is 19.7. The minimum absolute atomic E-state index is 0.181. The molecule has 0 aliphatic carbocycles. The monoisotopic (exact) mass is 380 g/mol. The van der Waals surface area contributed by atoms with Crippen molar-refractivity contribution >= 4 is 5.91 Å². The van der Waals surface area contributed by atoms with Crippen LogP contribution in [0.5, 0.6) is 0 Å². The number of amides is 1. The van der Waals surface area contributed by atoms with Crippen LogP contribution in [0.3, 0.4) is 0 Å². The van der Waals surface area contributed by atoms with Gasteiger partial charge in [-0.2, -0.15) is 5.10 Å². The molecule has 0 saturated carbocycles. The topological polar surface area (TPSA) is 41.4 Å². The van der Waals surface area contributed by atoms with Crippen molar-refractivity contribution in [2.75, 3.05) is 19.6 Å². The van der Waals surface area contributed by atoms with Crippen LogP contribution < -0.4 is 0 Å². The first kappa shape index (κ1) is 19.2. The maximum absolute atomic E-state index is 12.7. The van der Waals surface area contributed by atoms with Gasteiger partial charge in [0.1, 0.15) is 0 Å². The molecule has 2 saturated heterocycles. The van der Waals surface area contributed by atoms with Crippen LogP contribution in [0.1, 0.15) is 48.7 Å². The number of hydrogen-bond acceptors (Lipinski definition) is 3. The Morgan fingerprint density at radius 2 is 1.79 bits per heavy atom. The van der Waals surface area contributed by atoms with E-state index in [1.807, 2.05) is 6.07 Å². The highest BCUT2D eigenvalue weighted by atomic mass is 16.2. The minimum Gasteiger partial charge on any atom is -0.338 e. The van der Waals surface area contributed by atoms with Crippen molar-refractivity contribution in [3.05, 3.63) is 52.8 Å². The molecule has 5 heteroatoms. The fraction of sp³-hybridized carbons (Fsp3) is 0.565. The van der Waals surface area contributed by atoms with Crippen LogP contribution in [0, 0.1) is 19.3 Å². The molecule has 2 aliphatic heterocycles. The standard InChI is InChI=1S/C23H32N4O/c1-4-27-19(3)21(18(2)24-27)16-25-12-10-23(11-13-25)14-22(28)26(17-23)15-20-8-6-5-7-9-20/h5-9H,4,10-17H2,1-3H3. The molecular weight excluding hydrogens is 348 g/mol. The number of carbonyl (C=O) groups excluding carboxylic acids is 1. The number of rotatable bonds is 5. The lowest BCUT2D eigenvalue weighted by Gasteiger charge is -2.39. The van der Waals surface area contributed by atoms with Gasteiger partial charge in [-0.25, -0.2) is 0 Å². The van der Waals surface area contributed by atoms with Gasteiger partial charge in [-0.3, -0.25) is 14.4 Å². The Morgan fingerprint density at radius 1 is 1.07 bits per heavy atom. The summed E-state index contributed by atoms with van der Waals surface area (Å²) in [7, 11) is 0. The molecule has 0 atom stereocenters. The highest BCUT2D eigenvalue weighted by Gasteiger charge is 2.44. The highest BCUT2D eigenvalue weighted by molar-refractivity contribution is 5.79. The number of benzene rings is 1. The molecule has 1 amide bonds. The predicted molar refractivity (Wildman–Crippen MR) is 111 cm³/mol. The zero-order valence-corrected chi connectivity index (χ0v) is 17.4. The van der Waals surface area contributed by atoms with Gasteiger partial charge in [0.2, 0.25) is 5.91 Å². The largest absolute Gasteiger partial charge is 0.338 e. The third-order valence-electron chi connectivity index (χ3n) is 6.75. The number of nitrogens with zero attached hydrogens (tertiary/aromatic N) is 4. The maximum atomic E-state index is 12.7. The normalized spacial score (nSPS) is 19.7. The first-order valence-corrected chi connectivity index (χ1v) is 10.6. The summed E-state index contributed by atoms with van der Waals surface area (Å²) >= 11 is 0. The molecule has 1 spiro atoms. The van der Waals surface area contributed by atoms with Crippen LogP contribution in [-0.2, 0) is 24.4 Å². The van der Waals surface area contributed by atoms with E-state index in [0.29, 0.717) is 5.91 Å². The second-order valence-corrected chi connectivity index (χ2v) is 8.65. The molecule has 5 nitrogen and oxygen atoms in total. The van der Waals surface area contributed by atoms with Gasteiger partial charge < -0.3 is 4.90 Å². The van der Waals surface area contributed by atoms with Crippen molar-refractivity contribution in [2.24, 2.45) is 5.41 Å². The molecule has 4 rings (SSSR count). The quantitative estimate of drug-likeness (QED) is 0.797. The number of hydrogen-bond donors (Lipinski definition) is 0. The molecule has 0 bridgehead atoms. The van der Waals surface area contributed by atoms with Crippen LogP contribution in [0.4, 0.5) is 0 Å². The average Bonchev–Trinajstić information content (AvgIpc) is 3.14. The molecule has 150 valence electrons. The van der Waals surface area contributed by atoms with Crippen LogP contribution >= 0.6 is 0 Å². The van der Waals surface area contributed by atoms with Crippen molar-refractivity contribution in [3.63, 3.8) is 0 Å². The molecule has 1 aromatic heterocycles. The Hall–Kier alpha value is -2.14. The van der Waals surface area contributed by atoms with Crippen LogP contribution in [0.2, 0.25) is 0 Å². The third-order valence-corrected chi connectivity index (χ3v) is 6.75. The average molecular weight is 381 g/mol. The van der Waals surface area contributed by atoms with Gasteiger partial charge in [0.25, 0.3) is 0 Å². The van der Waals surface area contributed by atoms with E-state index in [2.05, 4.69) is 64.6 Å². The Bertz CT molecular complexity index is 834. The van der Waals surface area contributed by atoms with Gasteiger partial charge in [-0.15, -0.1) is 0 Å². The van der Waals surface area contributed by atoms with Gasteiger partial charge in [0, 0.05) is 43.9 Å². The lowest BCUT2D eigenvalue weighted by Crippen LogP contribution is -2.41. The van der Waals surface area contributed by atoms with E-state index in [4.69, 9.17) is 0 Å². The summed E-state index contributed by atoms with van der Waals surface area (Å²) in [4.78, 5) is 17.3. The SMILES string of the molecule is CCn1nc(C)c(CN2CCC3(CC2)CC(=O)N(Cc2ccccc2)C3)c1C. The lowest BCUT2D eigenvalue weighted by atomic mass is 9.77. The Labute approximate surface area is 168 Å². The first-order chi connectivity index (χ1) is 13.5. The van der Waals surface area contributed by atoms with E-state index >= 15 is 0 Å². The number of aromatic nitrogens is 2. The molecule has 2 aromatic rings. The smallest absolute Gasteiger partial charge is 0.223 e. The van der Waals surface area contributed by atoms with Crippen LogP contribution in [0.15, 0.2) is 30.3 Å². The number of aryl methyl sites for hydroxylation is 2. The summed E-state index contributed by atoms with van der Waals surface area (Å²) < 4.78 is 2.10. The van der Waals surface area contributed by atoms with Gasteiger partial charge in [0.15, 0.2) is 0 Å². The molecule has 0 radical (unpaired) electrons. The van der Waals surface area contributed by atoms with Gasteiger partial charge >= 0.3 is 0 Å². The number of likely N-dealkylation sites (tertiary alicyclic amines) is 2. The molecular formula is C23H32N4O. The van der Waals surface area contributed by atoms with Crippen LogP contribution in [-0.4, -0.2) is 45.1 Å². The predicted octanol–water partition coefficient (Wildman–Crippen LogP) is 3.53. The first-order valence-electron chi connectivity index (χ1n) is 10.6. The summed E-state index contributed by atoms with van der Waals surface area (Å²) in [6.07, 6.45) is 2.95. The van der Waals surface area contributed by atoms with Crippen LogP contribution in [0.25, 0.3) is 0 Å².